The molecule has 0 spiro atoms. The summed E-state index contributed by atoms with van der Waals surface area (Å²) in [5.74, 6) is 1.02. The zero-order valence-electron chi connectivity index (χ0n) is 16.1. The van der Waals surface area contributed by atoms with Gasteiger partial charge in [0.2, 0.25) is 0 Å². The Morgan fingerprint density at radius 1 is 1.10 bits per heavy atom. The molecule has 2 aromatic rings. The van der Waals surface area contributed by atoms with Gasteiger partial charge in [-0.05, 0) is 61.0 Å². The first-order chi connectivity index (χ1) is 14.1. The number of hydrogen-bond acceptors (Lipinski definition) is 5. The standard InChI is InChI=1S/C23H23BrO5/c1-3-4-19-13-14-21(28-20-11-9-18(26-2)10-12-20)22(29-19)15-27-23(25)16-5-7-17(24)8-6-16/h3,5-14,19,21-22H,1,4,15H2,2H3/t19-,21-,22+/m1/s1. The number of carbonyl (C=O) groups excluding carboxylic acids is 1. The summed E-state index contributed by atoms with van der Waals surface area (Å²) in [6, 6.07) is 14.3. The van der Waals surface area contributed by atoms with Gasteiger partial charge in [0.15, 0.2) is 0 Å². The Labute approximate surface area is 179 Å². The third-order valence-electron chi connectivity index (χ3n) is 4.42. The Morgan fingerprint density at radius 2 is 1.79 bits per heavy atom. The summed E-state index contributed by atoms with van der Waals surface area (Å²) in [5.41, 5.74) is 0.481. The van der Waals surface area contributed by atoms with Crippen LogP contribution in [0.25, 0.3) is 0 Å². The van der Waals surface area contributed by atoms with Gasteiger partial charge in [-0.1, -0.05) is 28.1 Å². The largest absolute Gasteiger partial charge is 0.497 e. The van der Waals surface area contributed by atoms with E-state index in [0.717, 1.165) is 10.2 Å². The molecule has 6 heteroatoms. The van der Waals surface area contributed by atoms with E-state index in [2.05, 4.69) is 22.5 Å². The molecule has 1 aliphatic rings. The van der Waals surface area contributed by atoms with Gasteiger partial charge < -0.3 is 18.9 Å². The molecule has 0 aliphatic carbocycles. The maximum absolute atomic E-state index is 12.4. The number of ether oxygens (including phenoxy) is 4. The first kappa shape index (κ1) is 21.1. The van der Waals surface area contributed by atoms with Gasteiger partial charge in [0, 0.05) is 4.47 Å². The zero-order chi connectivity index (χ0) is 20.6. The van der Waals surface area contributed by atoms with Crippen LogP contribution in [0.3, 0.4) is 0 Å². The Kier molecular flexibility index (Phi) is 7.49. The minimum absolute atomic E-state index is 0.0771. The van der Waals surface area contributed by atoms with Gasteiger partial charge in [0.25, 0.3) is 0 Å². The molecule has 0 radical (unpaired) electrons. The zero-order valence-corrected chi connectivity index (χ0v) is 17.7. The van der Waals surface area contributed by atoms with Crippen LogP contribution in [0.15, 0.2) is 77.8 Å². The van der Waals surface area contributed by atoms with Gasteiger partial charge in [-0.2, -0.15) is 0 Å². The number of halogens is 1. The maximum Gasteiger partial charge on any atom is 0.338 e. The molecule has 0 aromatic heterocycles. The summed E-state index contributed by atoms with van der Waals surface area (Å²) < 4.78 is 23.7. The summed E-state index contributed by atoms with van der Waals surface area (Å²) in [6.07, 6.45) is 5.41. The molecule has 0 saturated carbocycles. The second kappa shape index (κ2) is 10.3. The van der Waals surface area contributed by atoms with Crippen LogP contribution in [0.5, 0.6) is 11.5 Å². The van der Waals surface area contributed by atoms with Crippen molar-refractivity contribution in [2.45, 2.75) is 24.7 Å². The topological polar surface area (TPSA) is 54.0 Å². The van der Waals surface area contributed by atoms with E-state index >= 15 is 0 Å². The van der Waals surface area contributed by atoms with E-state index < -0.39 is 12.1 Å². The average Bonchev–Trinajstić information content (AvgIpc) is 2.74. The lowest BCUT2D eigenvalue weighted by Crippen LogP contribution is -2.42. The number of carbonyl (C=O) groups is 1. The number of benzene rings is 2. The van der Waals surface area contributed by atoms with Crippen LogP contribution < -0.4 is 9.47 Å². The summed E-state index contributed by atoms with van der Waals surface area (Å²) in [4.78, 5) is 12.4. The summed E-state index contributed by atoms with van der Waals surface area (Å²) in [5, 5.41) is 0. The maximum atomic E-state index is 12.4. The Bertz CT molecular complexity index is 845. The van der Waals surface area contributed by atoms with Gasteiger partial charge in [-0.25, -0.2) is 4.79 Å². The fraction of sp³-hybridized carbons (Fsp3) is 0.261. The van der Waals surface area contributed by atoms with Crippen LogP contribution in [0.1, 0.15) is 16.8 Å². The van der Waals surface area contributed by atoms with Crippen LogP contribution in [-0.2, 0) is 9.47 Å². The van der Waals surface area contributed by atoms with E-state index in [0.29, 0.717) is 17.7 Å². The second-order valence-corrected chi connectivity index (χ2v) is 7.40. The monoisotopic (exact) mass is 458 g/mol. The van der Waals surface area contributed by atoms with Gasteiger partial charge in [0.1, 0.15) is 30.3 Å². The van der Waals surface area contributed by atoms with Gasteiger partial charge in [-0.15, -0.1) is 6.58 Å². The fourth-order valence-electron chi connectivity index (χ4n) is 2.89. The Morgan fingerprint density at radius 3 is 2.45 bits per heavy atom. The van der Waals surface area contributed by atoms with Crippen molar-refractivity contribution in [1.82, 2.24) is 0 Å². The highest BCUT2D eigenvalue weighted by molar-refractivity contribution is 9.10. The average molecular weight is 459 g/mol. The van der Waals surface area contributed by atoms with Crippen LogP contribution >= 0.6 is 15.9 Å². The highest BCUT2D eigenvalue weighted by Gasteiger charge is 2.30. The van der Waals surface area contributed by atoms with E-state index in [9.17, 15) is 4.79 Å². The van der Waals surface area contributed by atoms with Crippen molar-refractivity contribution in [2.24, 2.45) is 0 Å². The molecule has 3 atom stereocenters. The molecule has 2 aromatic carbocycles. The highest BCUT2D eigenvalue weighted by atomic mass is 79.9. The van der Waals surface area contributed by atoms with Crippen molar-refractivity contribution >= 4 is 21.9 Å². The lowest BCUT2D eigenvalue weighted by Gasteiger charge is -2.32. The van der Waals surface area contributed by atoms with Crippen molar-refractivity contribution in [3.8, 4) is 11.5 Å². The highest BCUT2D eigenvalue weighted by Crippen LogP contribution is 2.24. The predicted octanol–water partition coefficient (Wildman–Crippen LogP) is 4.96. The first-order valence-electron chi connectivity index (χ1n) is 9.27. The Hall–Kier alpha value is -2.57. The molecule has 0 N–H and O–H groups in total. The van der Waals surface area contributed by atoms with Gasteiger partial charge in [0.05, 0.1) is 18.8 Å². The summed E-state index contributed by atoms with van der Waals surface area (Å²) in [7, 11) is 1.61. The van der Waals surface area contributed by atoms with E-state index in [1.165, 1.54) is 0 Å². The van der Waals surface area contributed by atoms with Gasteiger partial charge in [-0.3, -0.25) is 0 Å². The van der Waals surface area contributed by atoms with E-state index in [1.54, 1.807) is 37.5 Å². The van der Waals surface area contributed by atoms with Crippen LogP contribution in [-0.4, -0.2) is 38.0 Å². The number of methoxy groups -OCH3 is 1. The molecular formula is C23H23BrO5. The molecule has 1 aliphatic heterocycles. The molecule has 0 saturated heterocycles. The minimum Gasteiger partial charge on any atom is -0.497 e. The molecule has 152 valence electrons. The molecule has 5 nitrogen and oxygen atoms in total. The number of rotatable bonds is 8. The molecular weight excluding hydrogens is 436 g/mol. The fourth-order valence-corrected chi connectivity index (χ4v) is 3.16. The van der Waals surface area contributed by atoms with E-state index in [1.807, 2.05) is 36.4 Å². The first-order valence-corrected chi connectivity index (χ1v) is 10.1. The molecule has 0 fully saturated rings. The van der Waals surface area contributed by atoms with Crippen molar-refractivity contribution < 1.29 is 23.7 Å². The smallest absolute Gasteiger partial charge is 0.338 e. The van der Waals surface area contributed by atoms with Crippen molar-refractivity contribution in [3.63, 3.8) is 0 Å². The Balaban J connectivity index is 1.67. The van der Waals surface area contributed by atoms with Crippen molar-refractivity contribution in [1.29, 1.82) is 0 Å². The third kappa shape index (κ3) is 5.95. The third-order valence-corrected chi connectivity index (χ3v) is 4.95. The lowest BCUT2D eigenvalue weighted by atomic mass is 10.1. The van der Waals surface area contributed by atoms with E-state index in [-0.39, 0.29) is 18.8 Å². The van der Waals surface area contributed by atoms with Crippen LogP contribution in [0.2, 0.25) is 0 Å². The molecule has 29 heavy (non-hydrogen) atoms. The number of esters is 1. The molecule has 0 unspecified atom stereocenters. The normalized spacial score (nSPS) is 20.7. The molecule has 3 rings (SSSR count). The summed E-state index contributed by atoms with van der Waals surface area (Å²) >= 11 is 3.35. The van der Waals surface area contributed by atoms with Crippen LogP contribution in [0, 0.1) is 0 Å². The van der Waals surface area contributed by atoms with Crippen molar-refractivity contribution in [3.05, 3.63) is 83.4 Å². The summed E-state index contributed by atoms with van der Waals surface area (Å²) in [6.45, 7) is 3.83. The predicted molar refractivity (Wildman–Crippen MR) is 114 cm³/mol. The second-order valence-electron chi connectivity index (χ2n) is 6.49. The SMILES string of the molecule is C=CC[C@@H]1C=C[C@@H](Oc2ccc(OC)cc2)[C@H](COC(=O)c2ccc(Br)cc2)O1. The minimum atomic E-state index is -0.438. The lowest BCUT2D eigenvalue weighted by molar-refractivity contribution is -0.0755. The van der Waals surface area contributed by atoms with Crippen molar-refractivity contribution in [2.75, 3.05) is 13.7 Å². The molecule has 1 heterocycles. The van der Waals surface area contributed by atoms with Gasteiger partial charge >= 0.3 is 5.97 Å². The quantitative estimate of drug-likeness (QED) is 0.413. The number of hydrogen-bond donors (Lipinski definition) is 0. The van der Waals surface area contributed by atoms with E-state index in [4.69, 9.17) is 18.9 Å². The van der Waals surface area contributed by atoms with Crippen LogP contribution in [0.4, 0.5) is 0 Å². The molecule has 0 bridgehead atoms. The molecule has 0 amide bonds.